The van der Waals surface area contributed by atoms with Crippen LogP contribution >= 0.6 is 0 Å². The molecule has 9 nitrogen and oxygen atoms in total. The second-order valence-corrected chi connectivity index (χ2v) is 7.65. The smallest absolute Gasteiger partial charge is 0.257 e. The van der Waals surface area contributed by atoms with Crippen LogP contribution in [0.1, 0.15) is 36.4 Å². The van der Waals surface area contributed by atoms with Gasteiger partial charge in [0, 0.05) is 31.3 Å². The van der Waals surface area contributed by atoms with Crippen LogP contribution in [-0.2, 0) is 17.8 Å². The van der Waals surface area contributed by atoms with Gasteiger partial charge in [0.25, 0.3) is 5.91 Å². The molecule has 0 spiro atoms. The van der Waals surface area contributed by atoms with Crippen LogP contribution in [0.3, 0.4) is 0 Å². The van der Waals surface area contributed by atoms with Crippen LogP contribution in [0.4, 0.5) is 0 Å². The largest absolute Gasteiger partial charge is 0.469 e. The highest BCUT2D eigenvalue weighted by molar-refractivity contribution is 5.99. The molecular formula is C23H25N3O6. The van der Waals surface area contributed by atoms with Crippen LogP contribution in [-0.4, -0.2) is 35.8 Å². The van der Waals surface area contributed by atoms with Gasteiger partial charge in [-0.15, -0.1) is 0 Å². The van der Waals surface area contributed by atoms with Gasteiger partial charge in [-0.05, 0) is 38.5 Å². The lowest BCUT2D eigenvalue weighted by molar-refractivity contribution is -0.120. The van der Waals surface area contributed by atoms with E-state index in [1.807, 2.05) is 26.0 Å². The van der Waals surface area contributed by atoms with Crippen molar-refractivity contribution in [2.45, 2.75) is 39.3 Å². The number of benzene rings is 1. The number of rotatable bonds is 8. The van der Waals surface area contributed by atoms with Gasteiger partial charge in [-0.2, -0.15) is 0 Å². The van der Waals surface area contributed by atoms with Gasteiger partial charge < -0.3 is 29.1 Å². The maximum Gasteiger partial charge on any atom is 0.257 e. The van der Waals surface area contributed by atoms with Gasteiger partial charge in [-0.3, -0.25) is 14.4 Å². The van der Waals surface area contributed by atoms with E-state index in [1.165, 1.54) is 6.20 Å². The molecule has 1 aliphatic rings. The SMILES string of the molecule is CCn1cc(C(=O)NCC(=O)NC(C)CCc2ccco2)c(=O)c2cc3c(cc21)OCO3. The lowest BCUT2D eigenvalue weighted by Crippen LogP contribution is -2.42. The lowest BCUT2D eigenvalue weighted by Gasteiger charge is -2.14. The van der Waals surface area contributed by atoms with Crippen LogP contribution in [0.25, 0.3) is 10.9 Å². The molecule has 0 saturated carbocycles. The van der Waals surface area contributed by atoms with Crippen molar-refractivity contribution < 1.29 is 23.5 Å². The molecule has 0 aliphatic carbocycles. The van der Waals surface area contributed by atoms with E-state index in [1.54, 1.807) is 23.0 Å². The Labute approximate surface area is 184 Å². The maximum atomic E-state index is 13.0. The van der Waals surface area contributed by atoms with Gasteiger partial charge in [0.1, 0.15) is 11.3 Å². The highest BCUT2D eigenvalue weighted by Crippen LogP contribution is 2.35. The van der Waals surface area contributed by atoms with Gasteiger partial charge in [0.2, 0.25) is 18.1 Å². The molecule has 32 heavy (non-hydrogen) atoms. The van der Waals surface area contributed by atoms with Crippen molar-refractivity contribution in [3.63, 3.8) is 0 Å². The summed E-state index contributed by atoms with van der Waals surface area (Å²) in [4.78, 5) is 37.9. The fourth-order valence-electron chi connectivity index (χ4n) is 3.67. The predicted molar refractivity (Wildman–Crippen MR) is 117 cm³/mol. The summed E-state index contributed by atoms with van der Waals surface area (Å²) in [5.74, 6) is 0.956. The van der Waals surface area contributed by atoms with E-state index in [0.29, 0.717) is 41.8 Å². The Bertz CT molecular complexity index is 1200. The number of hydrogen-bond acceptors (Lipinski definition) is 6. The Morgan fingerprint density at radius 1 is 1.22 bits per heavy atom. The summed E-state index contributed by atoms with van der Waals surface area (Å²) in [6.07, 6.45) is 4.52. The standard InChI is InChI=1S/C23H25N3O6/c1-3-26-12-17(22(28)16-9-19-20(10-18(16)26)32-13-31-19)23(29)24-11-21(27)25-14(2)6-7-15-5-4-8-30-15/h4-5,8-10,12,14H,3,6-7,11,13H2,1-2H3,(H,24,29)(H,25,27). The van der Waals surface area contributed by atoms with Crippen molar-refractivity contribution in [1.82, 2.24) is 15.2 Å². The Kier molecular flexibility index (Phi) is 6.16. The molecule has 2 N–H and O–H groups in total. The Morgan fingerprint density at radius 2 is 2.00 bits per heavy atom. The van der Waals surface area contributed by atoms with Gasteiger partial charge in [-0.1, -0.05) is 0 Å². The molecule has 0 radical (unpaired) electrons. The first-order valence-corrected chi connectivity index (χ1v) is 10.5. The molecule has 3 heterocycles. The molecule has 1 aliphatic heterocycles. The molecule has 1 atom stereocenters. The minimum atomic E-state index is -0.602. The molecule has 4 rings (SSSR count). The first-order valence-electron chi connectivity index (χ1n) is 10.5. The number of furan rings is 1. The third-order valence-electron chi connectivity index (χ3n) is 5.38. The first-order chi connectivity index (χ1) is 15.5. The Balaban J connectivity index is 1.42. The van der Waals surface area contributed by atoms with Crippen LogP contribution in [0.2, 0.25) is 0 Å². The number of amides is 2. The molecule has 1 aromatic carbocycles. The van der Waals surface area contributed by atoms with Crippen molar-refractivity contribution in [3.05, 3.63) is 58.3 Å². The third-order valence-corrected chi connectivity index (χ3v) is 5.38. The van der Waals surface area contributed by atoms with Crippen LogP contribution in [0.5, 0.6) is 11.5 Å². The molecule has 3 aromatic rings. The summed E-state index contributed by atoms with van der Waals surface area (Å²) >= 11 is 0. The van der Waals surface area contributed by atoms with Crippen molar-refractivity contribution in [2.75, 3.05) is 13.3 Å². The second-order valence-electron chi connectivity index (χ2n) is 7.65. The number of nitrogens with one attached hydrogen (secondary N) is 2. The highest BCUT2D eigenvalue weighted by atomic mass is 16.7. The fourth-order valence-corrected chi connectivity index (χ4v) is 3.67. The van der Waals surface area contributed by atoms with Crippen LogP contribution in [0, 0.1) is 0 Å². The fraction of sp³-hybridized carbons (Fsp3) is 0.348. The second kappa shape index (κ2) is 9.17. The molecule has 1 unspecified atom stereocenters. The summed E-state index contributed by atoms with van der Waals surface area (Å²) in [6, 6.07) is 6.95. The summed E-state index contributed by atoms with van der Waals surface area (Å²) in [6.45, 7) is 4.21. The zero-order valence-corrected chi connectivity index (χ0v) is 18.0. The van der Waals surface area contributed by atoms with E-state index in [9.17, 15) is 14.4 Å². The number of aryl methyl sites for hydroxylation is 2. The minimum absolute atomic E-state index is 0.0307. The van der Waals surface area contributed by atoms with Crippen LogP contribution < -0.4 is 25.5 Å². The van der Waals surface area contributed by atoms with Crippen molar-refractivity contribution in [3.8, 4) is 11.5 Å². The Hall–Kier alpha value is -3.75. The number of pyridine rings is 1. The molecule has 0 fully saturated rings. The van der Waals surface area contributed by atoms with Gasteiger partial charge in [0.15, 0.2) is 11.5 Å². The summed E-state index contributed by atoms with van der Waals surface area (Å²) < 4.78 is 17.8. The Morgan fingerprint density at radius 3 is 2.72 bits per heavy atom. The molecule has 2 amide bonds. The molecule has 0 saturated heterocycles. The number of nitrogens with zero attached hydrogens (tertiary/aromatic N) is 1. The molecule has 9 heteroatoms. The minimum Gasteiger partial charge on any atom is -0.469 e. The van der Waals surface area contributed by atoms with Crippen LogP contribution in [0.15, 0.2) is 45.9 Å². The number of fused-ring (bicyclic) bond motifs is 2. The highest BCUT2D eigenvalue weighted by Gasteiger charge is 2.21. The van der Waals surface area contributed by atoms with E-state index in [4.69, 9.17) is 13.9 Å². The van der Waals surface area contributed by atoms with Crippen molar-refractivity contribution in [1.29, 1.82) is 0 Å². The number of hydrogen-bond donors (Lipinski definition) is 2. The quantitative estimate of drug-likeness (QED) is 0.557. The molecule has 168 valence electrons. The predicted octanol–water partition coefficient (Wildman–Crippen LogP) is 2.21. The van der Waals surface area contributed by atoms with E-state index in [2.05, 4.69) is 10.6 Å². The third kappa shape index (κ3) is 4.46. The summed E-state index contributed by atoms with van der Waals surface area (Å²) in [5, 5.41) is 5.74. The maximum absolute atomic E-state index is 13.0. The topological polar surface area (TPSA) is 112 Å². The van der Waals surface area contributed by atoms with E-state index >= 15 is 0 Å². The molecule has 0 bridgehead atoms. The normalized spacial score (nSPS) is 13.2. The lowest BCUT2D eigenvalue weighted by atomic mass is 10.1. The van der Waals surface area contributed by atoms with E-state index in [0.717, 1.165) is 5.76 Å². The number of aromatic nitrogens is 1. The van der Waals surface area contributed by atoms with Crippen molar-refractivity contribution in [2.24, 2.45) is 0 Å². The van der Waals surface area contributed by atoms with E-state index < -0.39 is 11.3 Å². The summed E-state index contributed by atoms with van der Waals surface area (Å²) in [7, 11) is 0. The number of carbonyl (C=O) groups excluding carboxylic acids is 2. The average Bonchev–Trinajstić information content (AvgIpc) is 3.47. The van der Waals surface area contributed by atoms with Gasteiger partial charge in [0.05, 0.1) is 23.7 Å². The zero-order chi connectivity index (χ0) is 22.7. The average molecular weight is 439 g/mol. The van der Waals surface area contributed by atoms with E-state index in [-0.39, 0.29) is 30.9 Å². The van der Waals surface area contributed by atoms with Crippen molar-refractivity contribution >= 4 is 22.7 Å². The monoisotopic (exact) mass is 439 g/mol. The zero-order valence-electron chi connectivity index (χ0n) is 18.0. The molecular weight excluding hydrogens is 414 g/mol. The summed E-state index contributed by atoms with van der Waals surface area (Å²) in [5.41, 5.74) is 0.200. The molecule has 2 aromatic heterocycles. The number of carbonyl (C=O) groups is 2. The number of ether oxygens (including phenoxy) is 2. The first kappa shape index (κ1) is 21.5. The van der Waals surface area contributed by atoms with Gasteiger partial charge >= 0.3 is 0 Å². The van der Waals surface area contributed by atoms with Gasteiger partial charge in [-0.25, -0.2) is 0 Å².